The third-order valence-electron chi connectivity index (χ3n) is 3.75. The lowest BCUT2D eigenvalue weighted by Crippen LogP contribution is -2.12. The van der Waals surface area contributed by atoms with Crippen molar-refractivity contribution >= 4 is 11.7 Å². The van der Waals surface area contributed by atoms with Gasteiger partial charge in [0.2, 0.25) is 6.79 Å². The molecule has 0 radical (unpaired) electrons. The molecule has 1 amide bonds. The van der Waals surface area contributed by atoms with E-state index in [0.29, 0.717) is 22.9 Å². The van der Waals surface area contributed by atoms with Gasteiger partial charge >= 0.3 is 0 Å². The molecule has 2 heterocycles. The number of carbonyl (C=O) groups is 1. The van der Waals surface area contributed by atoms with Crippen molar-refractivity contribution in [3.63, 3.8) is 0 Å². The molecule has 2 aromatic carbocycles. The number of rotatable bonds is 3. The lowest BCUT2D eigenvalue weighted by atomic mass is 10.1. The van der Waals surface area contributed by atoms with E-state index in [-0.39, 0.29) is 12.7 Å². The molecular weight excluding hydrogens is 304 g/mol. The van der Waals surface area contributed by atoms with Gasteiger partial charge in [-0.1, -0.05) is 30.3 Å². The summed E-state index contributed by atoms with van der Waals surface area (Å²) in [6, 6.07) is 18.8. The fourth-order valence-corrected chi connectivity index (χ4v) is 2.50. The van der Waals surface area contributed by atoms with Gasteiger partial charge in [0.05, 0.1) is 0 Å². The Kier molecular flexibility index (Phi) is 3.59. The minimum absolute atomic E-state index is 0.183. The van der Waals surface area contributed by atoms with Crippen LogP contribution in [0.2, 0.25) is 0 Å². The number of nitrogens with zero attached hydrogens (tertiary/aromatic N) is 1. The van der Waals surface area contributed by atoms with Gasteiger partial charge in [0, 0.05) is 17.3 Å². The molecule has 0 saturated heterocycles. The van der Waals surface area contributed by atoms with Crippen molar-refractivity contribution in [2.75, 3.05) is 12.1 Å². The quantitative estimate of drug-likeness (QED) is 0.799. The summed E-state index contributed by atoms with van der Waals surface area (Å²) < 4.78 is 10.5. The number of carbonyl (C=O) groups excluding carboxylic acids is 1. The highest BCUT2D eigenvalue weighted by atomic mass is 16.7. The summed E-state index contributed by atoms with van der Waals surface area (Å²) in [6.07, 6.45) is 1.74. The minimum Gasteiger partial charge on any atom is -0.454 e. The Morgan fingerprint density at radius 2 is 1.75 bits per heavy atom. The molecule has 1 aliphatic heterocycles. The molecule has 0 bridgehead atoms. The number of hydrogen-bond acceptors (Lipinski definition) is 4. The molecule has 5 heteroatoms. The maximum atomic E-state index is 12.3. The molecule has 24 heavy (non-hydrogen) atoms. The second kappa shape index (κ2) is 6.04. The molecule has 0 spiro atoms. The standard InChI is InChI=1S/C19H14N2O3/c22-19(14-6-8-16-17(10-14)24-12-23-16)21-18-9-7-15(11-20-18)13-4-2-1-3-5-13/h1-11H,12H2,(H,20,21,22). The molecule has 5 nitrogen and oxygen atoms in total. The Hall–Kier alpha value is -3.34. The van der Waals surface area contributed by atoms with Crippen molar-refractivity contribution in [1.82, 2.24) is 4.98 Å². The summed E-state index contributed by atoms with van der Waals surface area (Å²) in [5, 5.41) is 2.78. The molecule has 4 rings (SSSR count). The zero-order valence-corrected chi connectivity index (χ0v) is 12.7. The van der Waals surface area contributed by atoms with Gasteiger partial charge in [-0.05, 0) is 35.9 Å². The van der Waals surface area contributed by atoms with Gasteiger partial charge < -0.3 is 14.8 Å². The summed E-state index contributed by atoms with van der Waals surface area (Å²) in [5.41, 5.74) is 2.57. The zero-order chi connectivity index (χ0) is 16.4. The number of amides is 1. The van der Waals surface area contributed by atoms with E-state index in [0.717, 1.165) is 11.1 Å². The summed E-state index contributed by atoms with van der Waals surface area (Å²) in [7, 11) is 0. The fourth-order valence-electron chi connectivity index (χ4n) is 2.50. The molecular formula is C19H14N2O3. The first-order valence-corrected chi connectivity index (χ1v) is 7.52. The summed E-state index contributed by atoms with van der Waals surface area (Å²) in [5.74, 6) is 1.48. The highest BCUT2D eigenvalue weighted by molar-refractivity contribution is 6.04. The van der Waals surface area contributed by atoms with Crippen LogP contribution in [-0.4, -0.2) is 17.7 Å². The van der Waals surface area contributed by atoms with Gasteiger partial charge in [0.1, 0.15) is 5.82 Å². The predicted octanol–water partition coefficient (Wildman–Crippen LogP) is 3.73. The van der Waals surface area contributed by atoms with Gasteiger partial charge in [-0.2, -0.15) is 0 Å². The largest absolute Gasteiger partial charge is 0.454 e. The number of benzene rings is 2. The summed E-state index contributed by atoms with van der Waals surface area (Å²) in [6.45, 7) is 0.183. The molecule has 1 aliphatic rings. The van der Waals surface area contributed by atoms with E-state index in [9.17, 15) is 4.79 Å². The van der Waals surface area contributed by atoms with Crippen LogP contribution in [0.25, 0.3) is 11.1 Å². The van der Waals surface area contributed by atoms with Crippen LogP contribution >= 0.6 is 0 Å². The van der Waals surface area contributed by atoms with Crippen LogP contribution in [0.3, 0.4) is 0 Å². The zero-order valence-electron chi connectivity index (χ0n) is 12.7. The van der Waals surface area contributed by atoms with Crippen molar-refractivity contribution in [3.8, 4) is 22.6 Å². The minimum atomic E-state index is -0.242. The summed E-state index contributed by atoms with van der Waals surface area (Å²) >= 11 is 0. The lowest BCUT2D eigenvalue weighted by molar-refractivity contribution is 0.102. The molecule has 0 unspecified atom stereocenters. The Morgan fingerprint density at radius 1 is 0.917 bits per heavy atom. The normalized spacial score (nSPS) is 12.0. The lowest BCUT2D eigenvalue weighted by Gasteiger charge is -2.06. The number of pyridine rings is 1. The molecule has 0 fully saturated rings. The second-order valence-corrected chi connectivity index (χ2v) is 5.32. The van der Waals surface area contributed by atoms with Crippen molar-refractivity contribution < 1.29 is 14.3 Å². The Bertz CT molecular complexity index is 877. The molecule has 1 N–H and O–H groups in total. The van der Waals surface area contributed by atoms with Crippen LogP contribution in [0.1, 0.15) is 10.4 Å². The van der Waals surface area contributed by atoms with Gasteiger partial charge in [-0.3, -0.25) is 4.79 Å². The predicted molar refractivity (Wildman–Crippen MR) is 90.2 cm³/mol. The van der Waals surface area contributed by atoms with Gasteiger partial charge in [0.25, 0.3) is 5.91 Å². The van der Waals surface area contributed by atoms with Crippen LogP contribution in [0.5, 0.6) is 11.5 Å². The number of ether oxygens (including phenoxy) is 2. The maximum absolute atomic E-state index is 12.3. The van der Waals surface area contributed by atoms with Gasteiger partial charge in [-0.15, -0.1) is 0 Å². The van der Waals surface area contributed by atoms with E-state index >= 15 is 0 Å². The Morgan fingerprint density at radius 3 is 2.54 bits per heavy atom. The third-order valence-corrected chi connectivity index (χ3v) is 3.75. The topological polar surface area (TPSA) is 60.5 Å². The number of hydrogen-bond donors (Lipinski definition) is 1. The van der Waals surface area contributed by atoms with Crippen LogP contribution in [0.4, 0.5) is 5.82 Å². The smallest absolute Gasteiger partial charge is 0.256 e. The average Bonchev–Trinajstić information content (AvgIpc) is 3.11. The summed E-state index contributed by atoms with van der Waals surface area (Å²) in [4.78, 5) is 16.6. The fraction of sp³-hybridized carbons (Fsp3) is 0.0526. The maximum Gasteiger partial charge on any atom is 0.256 e. The number of anilines is 1. The monoisotopic (exact) mass is 318 g/mol. The van der Waals surface area contributed by atoms with E-state index in [2.05, 4.69) is 10.3 Å². The molecule has 3 aromatic rings. The van der Waals surface area contributed by atoms with Crippen molar-refractivity contribution in [1.29, 1.82) is 0 Å². The molecule has 1 aromatic heterocycles. The van der Waals surface area contributed by atoms with Crippen LogP contribution in [0, 0.1) is 0 Å². The van der Waals surface area contributed by atoms with E-state index in [1.165, 1.54) is 0 Å². The van der Waals surface area contributed by atoms with Crippen molar-refractivity contribution in [3.05, 3.63) is 72.4 Å². The number of nitrogens with one attached hydrogen (secondary N) is 1. The SMILES string of the molecule is O=C(Nc1ccc(-c2ccccc2)cn1)c1ccc2c(c1)OCO2. The first-order chi connectivity index (χ1) is 11.8. The van der Waals surface area contributed by atoms with Crippen LogP contribution in [0.15, 0.2) is 66.9 Å². The Balaban J connectivity index is 1.50. The highest BCUT2D eigenvalue weighted by Gasteiger charge is 2.16. The molecule has 0 atom stereocenters. The van der Waals surface area contributed by atoms with Crippen molar-refractivity contribution in [2.45, 2.75) is 0 Å². The molecule has 0 saturated carbocycles. The number of aromatic nitrogens is 1. The Labute approximate surface area is 138 Å². The second-order valence-electron chi connectivity index (χ2n) is 5.32. The van der Waals surface area contributed by atoms with E-state index in [1.54, 1.807) is 30.5 Å². The molecule has 118 valence electrons. The first kappa shape index (κ1) is 14.3. The first-order valence-electron chi connectivity index (χ1n) is 7.52. The average molecular weight is 318 g/mol. The van der Waals surface area contributed by atoms with Crippen LogP contribution < -0.4 is 14.8 Å². The van der Waals surface area contributed by atoms with E-state index in [4.69, 9.17) is 9.47 Å². The van der Waals surface area contributed by atoms with E-state index < -0.39 is 0 Å². The highest BCUT2D eigenvalue weighted by Crippen LogP contribution is 2.32. The number of fused-ring (bicyclic) bond motifs is 1. The van der Waals surface area contributed by atoms with Crippen molar-refractivity contribution in [2.24, 2.45) is 0 Å². The molecule has 0 aliphatic carbocycles. The van der Waals surface area contributed by atoms with E-state index in [1.807, 2.05) is 36.4 Å². The van der Waals surface area contributed by atoms with Crippen LogP contribution in [-0.2, 0) is 0 Å². The third kappa shape index (κ3) is 2.79. The van der Waals surface area contributed by atoms with Gasteiger partial charge in [0.15, 0.2) is 11.5 Å². The van der Waals surface area contributed by atoms with Gasteiger partial charge in [-0.25, -0.2) is 4.98 Å².